The van der Waals surface area contributed by atoms with Gasteiger partial charge in [0.15, 0.2) is 0 Å². The van der Waals surface area contributed by atoms with Gasteiger partial charge in [-0.15, -0.1) is 0 Å². The summed E-state index contributed by atoms with van der Waals surface area (Å²) >= 11 is 0. The van der Waals surface area contributed by atoms with Crippen molar-refractivity contribution < 1.29 is 9.47 Å². The van der Waals surface area contributed by atoms with Crippen molar-refractivity contribution >= 4 is 0 Å². The Morgan fingerprint density at radius 2 is 1.55 bits per heavy atom. The second kappa shape index (κ2) is 12.6. The standard InChI is InChI=1S/C6H11NO.C6H13NO.2C2H6/c1-7-2-3-8-6-4-5(6)7;1-7-3-2-5-8-6-4-7;2*1-2/h5-6H,2-4H2,1H3;2-6H2,1H3;2*1-2H3. The van der Waals surface area contributed by atoms with E-state index >= 15 is 0 Å². The molecule has 0 aromatic carbocycles. The molecule has 0 N–H and O–H groups in total. The van der Waals surface area contributed by atoms with E-state index in [9.17, 15) is 0 Å². The van der Waals surface area contributed by atoms with Crippen molar-refractivity contribution in [2.75, 3.05) is 53.6 Å². The molecule has 0 amide bonds. The zero-order valence-corrected chi connectivity index (χ0v) is 14.5. The van der Waals surface area contributed by atoms with Gasteiger partial charge in [-0.2, -0.15) is 0 Å². The molecule has 1 aliphatic carbocycles. The third kappa shape index (κ3) is 8.20. The van der Waals surface area contributed by atoms with Crippen LogP contribution < -0.4 is 0 Å². The Bertz CT molecular complexity index is 207. The van der Waals surface area contributed by atoms with Crippen molar-refractivity contribution in [1.82, 2.24) is 9.80 Å². The van der Waals surface area contributed by atoms with Crippen LogP contribution in [0, 0.1) is 0 Å². The Balaban J connectivity index is 0.000000290. The van der Waals surface area contributed by atoms with Crippen molar-refractivity contribution in [2.45, 2.75) is 52.7 Å². The van der Waals surface area contributed by atoms with Gasteiger partial charge in [0.2, 0.25) is 0 Å². The van der Waals surface area contributed by atoms with Gasteiger partial charge in [-0.1, -0.05) is 27.7 Å². The van der Waals surface area contributed by atoms with E-state index in [4.69, 9.17) is 9.47 Å². The summed E-state index contributed by atoms with van der Waals surface area (Å²) in [7, 11) is 4.31. The fourth-order valence-corrected chi connectivity index (χ4v) is 2.19. The average molecular weight is 288 g/mol. The molecule has 0 spiro atoms. The Kier molecular flexibility index (Phi) is 12.5. The van der Waals surface area contributed by atoms with Gasteiger partial charge in [0, 0.05) is 32.3 Å². The van der Waals surface area contributed by atoms with E-state index in [2.05, 4.69) is 23.9 Å². The first-order valence-corrected chi connectivity index (χ1v) is 8.35. The maximum atomic E-state index is 5.38. The van der Waals surface area contributed by atoms with Crippen LogP contribution in [0.25, 0.3) is 0 Å². The van der Waals surface area contributed by atoms with Crippen molar-refractivity contribution in [3.8, 4) is 0 Å². The molecule has 4 nitrogen and oxygen atoms in total. The molecular weight excluding hydrogens is 252 g/mol. The first-order valence-electron chi connectivity index (χ1n) is 8.35. The average Bonchev–Trinajstić information content (AvgIpc) is 3.30. The van der Waals surface area contributed by atoms with Crippen LogP contribution in [-0.2, 0) is 9.47 Å². The molecule has 2 unspecified atom stereocenters. The number of hydrogen-bond acceptors (Lipinski definition) is 4. The van der Waals surface area contributed by atoms with Crippen LogP contribution in [0.15, 0.2) is 0 Å². The van der Waals surface area contributed by atoms with Crippen LogP contribution in [0.5, 0.6) is 0 Å². The number of likely N-dealkylation sites (N-methyl/N-ethyl adjacent to an activating group) is 2. The molecule has 2 heterocycles. The van der Waals surface area contributed by atoms with Crippen LogP contribution >= 0.6 is 0 Å². The lowest BCUT2D eigenvalue weighted by Gasteiger charge is -2.20. The molecule has 20 heavy (non-hydrogen) atoms. The Morgan fingerprint density at radius 3 is 2.15 bits per heavy atom. The van der Waals surface area contributed by atoms with Gasteiger partial charge in [-0.3, -0.25) is 4.90 Å². The van der Waals surface area contributed by atoms with E-state index in [1.807, 2.05) is 27.7 Å². The minimum absolute atomic E-state index is 0.605. The van der Waals surface area contributed by atoms with E-state index in [-0.39, 0.29) is 0 Å². The minimum Gasteiger partial charge on any atom is -0.380 e. The normalized spacial score (nSPS) is 29.1. The van der Waals surface area contributed by atoms with E-state index in [0.29, 0.717) is 6.10 Å². The molecule has 0 radical (unpaired) electrons. The van der Waals surface area contributed by atoms with Crippen LogP contribution in [0.3, 0.4) is 0 Å². The van der Waals surface area contributed by atoms with E-state index in [0.717, 1.165) is 39.0 Å². The summed E-state index contributed by atoms with van der Waals surface area (Å²) in [5, 5.41) is 0. The Morgan fingerprint density at radius 1 is 0.850 bits per heavy atom. The van der Waals surface area contributed by atoms with E-state index in [1.165, 1.54) is 19.4 Å². The number of hydrogen-bond donors (Lipinski definition) is 0. The molecule has 3 aliphatic rings. The third-order valence-electron chi connectivity index (χ3n) is 3.49. The zero-order valence-electron chi connectivity index (χ0n) is 14.5. The fraction of sp³-hybridized carbons (Fsp3) is 1.00. The second-order valence-corrected chi connectivity index (χ2v) is 4.96. The topological polar surface area (TPSA) is 24.9 Å². The van der Waals surface area contributed by atoms with Crippen LogP contribution in [-0.4, -0.2) is 75.5 Å². The molecule has 0 aromatic heterocycles. The maximum absolute atomic E-state index is 5.38. The predicted molar refractivity (Wildman–Crippen MR) is 86.4 cm³/mol. The molecular formula is C16H36N2O2. The molecule has 0 aromatic rings. The fourth-order valence-electron chi connectivity index (χ4n) is 2.19. The van der Waals surface area contributed by atoms with Crippen LogP contribution in [0.1, 0.15) is 40.5 Å². The quantitative estimate of drug-likeness (QED) is 0.684. The summed E-state index contributed by atoms with van der Waals surface area (Å²) in [6, 6.07) is 0.781. The Hall–Kier alpha value is -0.160. The predicted octanol–water partition coefficient (Wildman–Crippen LogP) is 2.48. The smallest absolute Gasteiger partial charge is 0.0747 e. The van der Waals surface area contributed by atoms with Crippen molar-refractivity contribution in [3.63, 3.8) is 0 Å². The highest BCUT2D eigenvalue weighted by Gasteiger charge is 2.43. The highest BCUT2D eigenvalue weighted by atomic mass is 16.5. The maximum Gasteiger partial charge on any atom is 0.0747 e. The van der Waals surface area contributed by atoms with Gasteiger partial charge >= 0.3 is 0 Å². The molecule has 2 aliphatic heterocycles. The summed E-state index contributed by atoms with van der Waals surface area (Å²) in [6.07, 6.45) is 3.07. The molecule has 1 saturated carbocycles. The first kappa shape index (κ1) is 19.8. The molecule has 3 rings (SSSR count). The number of nitrogens with zero attached hydrogens (tertiary/aromatic N) is 2. The summed E-state index contributed by atoms with van der Waals surface area (Å²) in [5.74, 6) is 0. The highest BCUT2D eigenvalue weighted by molar-refractivity contribution is 4.97. The molecule has 0 bridgehead atoms. The van der Waals surface area contributed by atoms with Crippen molar-refractivity contribution in [1.29, 1.82) is 0 Å². The summed E-state index contributed by atoms with van der Waals surface area (Å²) < 4.78 is 10.6. The Labute approximate surface area is 126 Å². The molecule has 122 valence electrons. The van der Waals surface area contributed by atoms with Crippen molar-refractivity contribution in [3.05, 3.63) is 0 Å². The van der Waals surface area contributed by atoms with Gasteiger partial charge in [0.1, 0.15) is 0 Å². The molecule has 3 fully saturated rings. The van der Waals surface area contributed by atoms with Gasteiger partial charge < -0.3 is 14.4 Å². The van der Waals surface area contributed by atoms with Crippen LogP contribution in [0.2, 0.25) is 0 Å². The first-order chi connectivity index (χ1) is 9.77. The lowest BCUT2D eigenvalue weighted by molar-refractivity contribution is 0.0424. The lowest BCUT2D eigenvalue weighted by Crippen LogP contribution is -2.32. The van der Waals surface area contributed by atoms with Gasteiger partial charge in [0.25, 0.3) is 0 Å². The van der Waals surface area contributed by atoms with Gasteiger partial charge in [-0.05, 0) is 26.9 Å². The molecule has 2 atom stereocenters. The summed E-state index contributed by atoms with van der Waals surface area (Å²) in [5.41, 5.74) is 0. The minimum atomic E-state index is 0.605. The highest BCUT2D eigenvalue weighted by Crippen LogP contribution is 2.32. The largest absolute Gasteiger partial charge is 0.380 e. The number of ether oxygens (including phenoxy) is 2. The van der Waals surface area contributed by atoms with Gasteiger partial charge in [-0.25, -0.2) is 0 Å². The second-order valence-electron chi connectivity index (χ2n) is 4.96. The zero-order chi connectivity index (χ0) is 15.4. The summed E-state index contributed by atoms with van der Waals surface area (Å²) in [4.78, 5) is 4.68. The molecule has 2 saturated heterocycles. The number of morpholine rings is 1. The SMILES string of the molecule is CC.CC.CN1CCCOCC1.CN1CCOC2CC21. The van der Waals surface area contributed by atoms with E-state index in [1.54, 1.807) is 0 Å². The number of fused-ring (bicyclic) bond motifs is 1. The lowest BCUT2D eigenvalue weighted by atomic mass is 10.4. The third-order valence-corrected chi connectivity index (χ3v) is 3.49. The van der Waals surface area contributed by atoms with E-state index < -0.39 is 0 Å². The van der Waals surface area contributed by atoms with Gasteiger partial charge in [0.05, 0.1) is 19.3 Å². The monoisotopic (exact) mass is 288 g/mol. The van der Waals surface area contributed by atoms with Crippen molar-refractivity contribution in [2.24, 2.45) is 0 Å². The molecule has 4 heteroatoms. The number of rotatable bonds is 0. The summed E-state index contributed by atoms with van der Waals surface area (Å²) in [6.45, 7) is 14.2. The van der Waals surface area contributed by atoms with Crippen LogP contribution in [0.4, 0.5) is 0 Å².